The summed E-state index contributed by atoms with van der Waals surface area (Å²) in [6.45, 7) is 6.36. The number of ether oxygens (including phenoxy) is 2. The van der Waals surface area contributed by atoms with Crippen LogP contribution in [0, 0.1) is 5.82 Å². The Morgan fingerprint density at radius 1 is 1.07 bits per heavy atom. The lowest BCUT2D eigenvalue weighted by Gasteiger charge is -2.36. The Kier molecular flexibility index (Phi) is 6.04. The van der Waals surface area contributed by atoms with E-state index in [1.165, 1.54) is 12.1 Å². The SMILES string of the molecule is CC1CN(c2ccc(CNc3nccc(Oc4ccc(F)cc4)n3)cn2)CC(C)O1. The largest absolute Gasteiger partial charge is 0.439 e. The zero-order chi connectivity index (χ0) is 20.9. The number of aromatic nitrogens is 3. The van der Waals surface area contributed by atoms with Crippen LogP contribution in [0.2, 0.25) is 0 Å². The number of morpholine rings is 1. The summed E-state index contributed by atoms with van der Waals surface area (Å²) in [6.07, 6.45) is 3.85. The predicted octanol–water partition coefficient (Wildman–Crippen LogP) is 4.03. The number of benzene rings is 1. The van der Waals surface area contributed by atoms with Gasteiger partial charge in [-0.05, 0) is 49.7 Å². The average molecular weight is 409 g/mol. The molecule has 30 heavy (non-hydrogen) atoms. The first-order chi connectivity index (χ1) is 14.5. The fourth-order valence-electron chi connectivity index (χ4n) is 3.36. The molecule has 7 nitrogen and oxygen atoms in total. The van der Waals surface area contributed by atoms with E-state index >= 15 is 0 Å². The van der Waals surface area contributed by atoms with Crippen molar-refractivity contribution in [2.45, 2.75) is 32.6 Å². The van der Waals surface area contributed by atoms with Gasteiger partial charge in [0.1, 0.15) is 17.4 Å². The molecule has 0 amide bonds. The van der Waals surface area contributed by atoms with Crippen molar-refractivity contribution < 1.29 is 13.9 Å². The zero-order valence-corrected chi connectivity index (χ0v) is 17.0. The monoisotopic (exact) mass is 409 g/mol. The molecule has 3 aromatic rings. The van der Waals surface area contributed by atoms with Gasteiger partial charge in [-0.1, -0.05) is 6.07 Å². The third-order valence-corrected chi connectivity index (χ3v) is 4.67. The second-order valence-corrected chi connectivity index (χ2v) is 7.31. The van der Waals surface area contributed by atoms with Gasteiger partial charge in [0.05, 0.1) is 12.2 Å². The average Bonchev–Trinajstić information content (AvgIpc) is 2.74. The Bertz CT molecular complexity index is 958. The molecule has 2 unspecified atom stereocenters. The van der Waals surface area contributed by atoms with Crippen LogP contribution in [0.15, 0.2) is 54.9 Å². The number of nitrogens with one attached hydrogen (secondary N) is 1. The molecule has 3 heterocycles. The lowest BCUT2D eigenvalue weighted by Crippen LogP contribution is -2.45. The quantitative estimate of drug-likeness (QED) is 0.659. The molecule has 2 atom stereocenters. The van der Waals surface area contributed by atoms with E-state index < -0.39 is 0 Å². The van der Waals surface area contributed by atoms with Crippen molar-refractivity contribution in [3.63, 3.8) is 0 Å². The maximum atomic E-state index is 13.0. The lowest BCUT2D eigenvalue weighted by molar-refractivity contribution is -0.00545. The molecule has 1 aliphatic rings. The lowest BCUT2D eigenvalue weighted by atomic mass is 10.2. The smallest absolute Gasteiger partial charge is 0.226 e. The molecule has 1 aliphatic heterocycles. The Labute approximate surface area is 174 Å². The normalized spacial score (nSPS) is 18.8. The van der Waals surface area contributed by atoms with Crippen molar-refractivity contribution in [2.75, 3.05) is 23.3 Å². The van der Waals surface area contributed by atoms with Crippen LogP contribution in [0.5, 0.6) is 11.6 Å². The summed E-state index contributed by atoms with van der Waals surface area (Å²) < 4.78 is 24.4. The molecular weight excluding hydrogens is 385 g/mol. The van der Waals surface area contributed by atoms with E-state index in [2.05, 4.69) is 39.0 Å². The molecule has 0 radical (unpaired) electrons. The molecule has 0 spiro atoms. The number of hydrogen-bond acceptors (Lipinski definition) is 7. The third kappa shape index (κ3) is 5.21. The molecule has 4 rings (SSSR count). The molecule has 1 saturated heterocycles. The highest BCUT2D eigenvalue weighted by molar-refractivity contribution is 5.41. The minimum Gasteiger partial charge on any atom is -0.439 e. The van der Waals surface area contributed by atoms with Gasteiger partial charge in [-0.2, -0.15) is 4.98 Å². The number of anilines is 2. The van der Waals surface area contributed by atoms with Crippen molar-refractivity contribution in [3.05, 3.63) is 66.2 Å². The van der Waals surface area contributed by atoms with Crippen LogP contribution in [0.4, 0.5) is 16.2 Å². The number of pyridine rings is 1. The van der Waals surface area contributed by atoms with E-state index in [0.717, 1.165) is 24.5 Å². The predicted molar refractivity (Wildman–Crippen MR) is 112 cm³/mol. The van der Waals surface area contributed by atoms with E-state index in [1.54, 1.807) is 24.4 Å². The van der Waals surface area contributed by atoms with Crippen LogP contribution in [0.25, 0.3) is 0 Å². The van der Waals surface area contributed by atoms with Crippen LogP contribution in [-0.4, -0.2) is 40.2 Å². The number of nitrogens with zero attached hydrogens (tertiary/aromatic N) is 4. The third-order valence-electron chi connectivity index (χ3n) is 4.67. The summed E-state index contributed by atoms with van der Waals surface area (Å²) in [6, 6.07) is 11.5. The molecule has 0 aliphatic carbocycles. The van der Waals surface area contributed by atoms with Gasteiger partial charge in [-0.25, -0.2) is 14.4 Å². The first-order valence-electron chi connectivity index (χ1n) is 9.91. The molecule has 1 fully saturated rings. The highest BCUT2D eigenvalue weighted by Crippen LogP contribution is 2.21. The van der Waals surface area contributed by atoms with Crippen molar-refractivity contribution >= 4 is 11.8 Å². The molecule has 1 aromatic carbocycles. The van der Waals surface area contributed by atoms with Gasteiger partial charge in [0.25, 0.3) is 0 Å². The van der Waals surface area contributed by atoms with E-state index in [0.29, 0.717) is 24.1 Å². The van der Waals surface area contributed by atoms with Gasteiger partial charge in [0.15, 0.2) is 0 Å². The van der Waals surface area contributed by atoms with Gasteiger partial charge < -0.3 is 19.7 Å². The van der Waals surface area contributed by atoms with Gasteiger partial charge in [0, 0.05) is 38.1 Å². The second kappa shape index (κ2) is 9.04. The van der Waals surface area contributed by atoms with E-state index in [1.807, 2.05) is 18.3 Å². The van der Waals surface area contributed by atoms with E-state index in [4.69, 9.17) is 9.47 Å². The molecule has 156 valence electrons. The van der Waals surface area contributed by atoms with Crippen molar-refractivity contribution in [2.24, 2.45) is 0 Å². The molecule has 8 heteroatoms. The van der Waals surface area contributed by atoms with Crippen LogP contribution < -0.4 is 15.0 Å². The van der Waals surface area contributed by atoms with Crippen LogP contribution in [0.3, 0.4) is 0 Å². The first kappa shape index (κ1) is 20.0. The molecule has 1 N–H and O–H groups in total. The summed E-state index contributed by atoms with van der Waals surface area (Å²) >= 11 is 0. The zero-order valence-electron chi connectivity index (χ0n) is 17.0. The summed E-state index contributed by atoms with van der Waals surface area (Å²) in [5, 5.41) is 3.17. The van der Waals surface area contributed by atoms with Crippen LogP contribution in [-0.2, 0) is 11.3 Å². The highest BCUT2D eigenvalue weighted by Gasteiger charge is 2.22. The second-order valence-electron chi connectivity index (χ2n) is 7.31. The number of rotatable bonds is 6. The fraction of sp³-hybridized carbons (Fsp3) is 0.318. The van der Waals surface area contributed by atoms with Crippen molar-refractivity contribution in [3.8, 4) is 11.6 Å². The summed E-state index contributed by atoms with van der Waals surface area (Å²) in [4.78, 5) is 15.4. The van der Waals surface area contributed by atoms with Crippen LogP contribution >= 0.6 is 0 Å². The van der Waals surface area contributed by atoms with Gasteiger partial charge >= 0.3 is 0 Å². The maximum Gasteiger partial charge on any atom is 0.226 e. The van der Waals surface area contributed by atoms with Gasteiger partial charge in [-0.15, -0.1) is 0 Å². The molecular formula is C22H24FN5O2. The summed E-state index contributed by atoms with van der Waals surface area (Å²) in [5.74, 6) is 1.96. The fourth-order valence-corrected chi connectivity index (χ4v) is 3.36. The number of halogens is 1. The molecule has 0 saturated carbocycles. The van der Waals surface area contributed by atoms with Gasteiger partial charge in [0.2, 0.25) is 11.8 Å². The highest BCUT2D eigenvalue weighted by atomic mass is 19.1. The van der Waals surface area contributed by atoms with Gasteiger partial charge in [-0.3, -0.25) is 0 Å². The van der Waals surface area contributed by atoms with Crippen LogP contribution in [0.1, 0.15) is 19.4 Å². The topological polar surface area (TPSA) is 72.4 Å². The minimum absolute atomic E-state index is 0.193. The summed E-state index contributed by atoms with van der Waals surface area (Å²) in [7, 11) is 0. The molecule has 0 bridgehead atoms. The first-order valence-corrected chi connectivity index (χ1v) is 9.91. The Balaban J connectivity index is 1.35. The van der Waals surface area contributed by atoms with E-state index in [9.17, 15) is 4.39 Å². The summed E-state index contributed by atoms with van der Waals surface area (Å²) in [5.41, 5.74) is 1.02. The van der Waals surface area contributed by atoms with E-state index in [-0.39, 0.29) is 18.0 Å². The Morgan fingerprint density at radius 2 is 1.83 bits per heavy atom. The Hall–Kier alpha value is -3.26. The molecule has 2 aromatic heterocycles. The minimum atomic E-state index is -0.315. The maximum absolute atomic E-state index is 13.0. The van der Waals surface area contributed by atoms with Crippen molar-refractivity contribution in [1.82, 2.24) is 15.0 Å². The standard InChI is InChI=1S/C22H24FN5O2/c1-15-13-28(14-16(2)29-15)20-8-3-17(11-25-20)12-26-22-24-10-9-21(27-22)30-19-6-4-18(23)5-7-19/h3-11,15-16H,12-14H2,1-2H3,(H,24,26,27). The number of hydrogen-bond donors (Lipinski definition) is 1. The Morgan fingerprint density at radius 3 is 2.53 bits per heavy atom. The van der Waals surface area contributed by atoms with Crippen molar-refractivity contribution in [1.29, 1.82) is 0 Å².